The number of hydrogen-bond acceptors (Lipinski definition) is 6. The van der Waals surface area contributed by atoms with Crippen molar-refractivity contribution in [3.05, 3.63) is 59.2 Å². The second kappa shape index (κ2) is 8.94. The maximum Gasteiger partial charge on any atom is 0.192 e. The first-order valence-electron chi connectivity index (χ1n) is 15.0. The van der Waals surface area contributed by atoms with Gasteiger partial charge in [-0.1, -0.05) is 77.5 Å². The third-order valence-electron chi connectivity index (χ3n) is 12.1. The van der Waals surface area contributed by atoms with Crippen LogP contribution in [0.4, 0.5) is 0 Å². The average molecular weight is 548 g/mol. The number of carbonyl (C=O) groups excluding carboxylic acids is 2. The summed E-state index contributed by atoms with van der Waals surface area (Å²) in [6.45, 7) is 13.8. The molecule has 0 amide bonds. The minimum atomic E-state index is -1.18. The van der Waals surface area contributed by atoms with E-state index in [1.165, 1.54) is 5.56 Å². The first-order valence-corrected chi connectivity index (χ1v) is 15.0. The van der Waals surface area contributed by atoms with E-state index in [1.54, 1.807) is 12.2 Å². The van der Waals surface area contributed by atoms with Gasteiger partial charge in [-0.2, -0.15) is 5.06 Å². The van der Waals surface area contributed by atoms with Crippen molar-refractivity contribution in [2.45, 2.75) is 90.9 Å². The van der Waals surface area contributed by atoms with Crippen LogP contribution in [0.5, 0.6) is 0 Å². The van der Waals surface area contributed by atoms with Gasteiger partial charge in [0.25, 0.3) is 0 Å². The van der Waals surface area contributed by atoms with Crippen LogP contribution >= 0.6 is 0 Å². The number of hydroxylamine groups is 2. The summed E-state index contributed by atoms with van der Waals surface area (Å²) >= 11 is 0. The molecule has 1 heterocycles. The van der Waals surface area contributed by atoms with E-state index in [2.05, 4.69) is 65.8 Å². The highest BCUT2D eigenvalue weighted by Crippen LogP contribution is 2.75. The number of rotatable bonds is 4. The predicted octanol–water partition coefficient (Wildman–Crippen LogP) is 4.93. The van der Waals surface area contributed by atoms with Crippen molar-refractivity contribution < 1.29 is 24.6 Å². The first-order chi connectivity index (χ1) is 18.7. The number of allylic oxidation sites excluding steroid dienone is 4. The van der Waals surface area contributed by atoms with Crippen LogP contribution in [0.15, 0.2) is 48.1 Å². The molecule has 1 aromatic carbocycles. The van der Waals surface area contributed by atoms with Crippen molar-refractivity contribution in [2.24, 2.45) is 34.0 Å². The van der Waals surface area contributed by atoms with E-state index >= 15 is 0 Å². The molecule has 6 rings (SSSR count). The van der Waals surface area contributed by atoms with Crippen molar-refractivity contribution in [1.82, 2.24) is 5.06 Å². The molecule has 8 unspecified atom stereocenters. The molecule has 5 aliphatic rings. The zero-order chi connectivity index (χ0) is 28.9. The Morgan fingerprint density at radius 1 is 1.12 bits per heavy atom. The molecule has 8 atom stereocenters. The van der Waals surface area contributed by atoms with Gasteiger partial charge in [0.15, 0.2) is 17.2 Å². The molecule has 1 aromatic rings. The third-order valence-corrected chi connectivity index (χ3v) is 12.1. The molecule has 0 aromatic heterocycles. The number of aliphatic hydroxyl groups is 2. The Bertz CT molecular complexity index is 1290. The molecule has 3 saturated carbocycles. The van der Waals surface area contributed by atoms with E-state index < -0.39 is 23.7 Å². The molecule has 0 bridgehead atoms. The van der Waals surface area contributed by atoms with Crippen LogP contribution in [0.3, 0.4) is 0 Å². The fourth-order valence-corrected chi connectivity index (χ4v) is 9.91. The summed E-state index contributed by atoms with van der Waals surface area (Å²) in [7, 11) is 0. The van der Waals surface area contributed by atoms with E-state index in [-0.39, 0.29) is 45.6 Å². The molecule has 40 heavy (non-hydrogen) atoms. The molecule has 4 fully saturated rings. The van der Waals surface area contributed by atoms with E-state index in [9.17, 15) is 19.8 Å². The lowest BCUT2D eigenvalue weighted by Crippen LogP contribution is -2.66. The number of nitrogens with zero attached hydrogens (tertiary/aromatic N) is 1. The van der Waals surface area contributed by atoms with Crippen LogP contribution < -0.4 is 0 Å². The predicted molar refractivity (Wildman–Crippen MR) is 153 cm³/mol. The normalized spacial score (nSPS) is 42.6. The van der Waals surface area contributed by atoms with Gasteiger partial charge in [0.2, 0.25) is 0 Å². The van der Waals surface area contributed by atoms with Crippen LogP contribution in [0, 0.1) is 34.0 Å². The van der Waals surface area contributed by atoms with Gasteiger partial charge in [0, 0.05) is 35.8 Å². The fourth-order valence-electron chi connectivity index (χ4n) is 9.91. The molecule has 1 saturated heterocycles. The topological polar surface area (TPSA) is 87.1 Å². The lowest BCUT2D eigenvalue weighted by Gasteiger charge is -2.64. The summed E-state index contributed by atoms with van der Waals surface area (Å²) in [6, 6.07) is 8.60. The first kappa shape index (κ1) is 28.0. The largest absolute Gasteiger partial charge is 0.393 e. The average Bonchev–Trinajstić information content (AvgIpc) is 3.33. The van der Waals surface area contributed by atoms with Crippen molar-refractivity contribution in [1.29, 1.82) is 0 Å². The number of ketones is 2. The van der Waals surface area contributed by atoms with Gasteiger partial charge in [-0.15, -0.1) is 0 Å². The SMILES string of the molecule is CC(C)(C)c1ccc(CN2CC3CC4(C)C5CCC6=CC(=O)C=CC6(C)C5C(O)CC4(C)C3(C(=O)CO)O2)cc1. The number of benzene rings is 1. The van der Waals surface area contributed by atoms with Crippen LogP contribution in [0.2, 0.25) is 0 Å². The lowest BCUT2D eigenvalue weighted by atomic mass is 9.41. The molecule has 6 nitrogen and oxygen atoms in total. The van der Waals surface area contributed by atoms with Gasteiger partial charge in [0.1, 0.15) is 6.61 Å². The molecule has 0 spiro atoms. The highest BCUT2D eigenvalue weighted by atomic mass is 16.7. The van der Waals surface area contributed by atoms with Crippen LogP contribution in [0.1, 0.15) is 78.4 Å². The molecule has 4 aliphatic carbocycles. The van der Waals surface area contributed by atoms with Gasteiger partial charge < -0.3 is 10.2 Å². The second-order valence-electron chi connectivity index (χ2n) is 15.0. The number of fused-ring (bicyclic) bond motifs is 7. The van der Waals surface area contributed by atoms with Crippen molar-refractivity contribution in [3.63, 3.8) is 0 Å². The minimum Gasteiger partial charge on any atom is -0.393 e. The number of hydrogen-bond donors (Lipinski definition) is 2. The van der Waals surface area contributed by atoms with Gasteiger partial charge in [-0.25, -0.2) is 0 Å². The van der Waals surface area contributed by atoms with E-state index in [4.69, 9.17) is 4.84 Å². The maximum atomic E-state index is 13.8. The molecule has 6 heteroatoms. The highest BCUT2D eigenvalue weighted by molar-refractivity contribution is 6.01. The Balaban J connectivity index is 1.34. The Labute approximate surface area is 238 Å². The minimum absolute atomic E-state index is 0.0247. The zero-order valence-electron chi connectivity index (χ0n) is 24.9. The van der Waals surface area contributed by atoms with Gasteiger partial charge in [0.05, 0.1) is 6.10 Å². The number of aliphatic hydroxyl groups excluding tert-OH is 2. The van der Waals surface area contributed by atoms with Gasteiger partial charge >= 0.3 is 0 Å². The second-order valence-corrected chi connectivity index (χ2v) is 15.0. The smallest absolute Gasteiger partial charge is 0.192 e. The molecular weight excluding hydrogens is 502 g/mol. The Hall–Kier alpha value is -2.12. The van der Waals surface area contributed by atoms with E-state index in [0.717, 1.165) is 30.4 Å². The maximum absolute atomic E-state index is 13.8. The monoisotopic (exact) mass is 547 g/mol. The standard InChI is InChI=1S/C34H45NO5/c1-30(2,3)22-9-7-21(8-10-22)18-35-19-24-16-32(5)26-12-11-23-15-25(37)13-14-31(23,4)29(26)27(38)17-33(32,6)34(24,40-35)28(39)20-36/h7-10,13-15,24,26-27,29,36,38H,11-12,16-20H2,1-6H3. The van der Waals surface area contributed by atoms with Crippen LogP contribution in [-0.4, -0.2) is 51.7 Å². The Morgan fingerprint density at radius 2 is 1.82 bits per heavy atom. The van der Waals surface area contributed by atoms with Crippen molar-refractivity contribution in [3.8, 4) is 0 Å². The molecule has 1 aliphatic heterocycles. The van der Waals surface area contributed by atoms with Crippen LogP contribution in [0.25, 0.3) is 0 Å². The summed E-state index contributed by atoms with van der Waals surface area (Å²) in [5.41, 5.74) is 1.11. The molecule has 0 radical (unpaired) electrons. The van der Waals surface area contributed by atoms with Crippen LogP contribution in [-0.2, 0) is 26.4 Å². The summed E-state index contributed by atoms with van der Waals surface area (Å²) in [4.78, 5) is 32.8. The Kier molecular flexibility index (Phi) is 6.26. The quantitative estimate of drug-likeness (QED) is 0.556. The molecule has 2 N–H and O–H groups in total. The summed E-state index contributed by atoms with van der Waals surface area (Å²) in [5.74, 6) is -0.192. The van der Waals surface area contributed by atoms with Crippen molar-refractivity contribution in [2.75, 3.05) is 13.2 Å². The molecular formula is C34H45NO5. The number of Topliss-reactive ketones (excluding diaryl/α,β-unsaturated/α-hetero) is 1. The lowest BCUT2D eigenvalue weighted by molar-refractivity contribution is -0.269. The van der Waals surface area contributed by atoms with Gasteiger partial charge in [-0.05, 0) is 65.7 Å². The fraction of sp³-hybridized carbons (Fsp3) is 0.647. The van der Waals surface area contributed by atoms with E-state index in [1.807, 2.05) is 11.1 Å². The Morgan fingerprint density at radius 3 is 2.48 bits per heavy atom. The van der Waals surface area contributed by atoms with E-state index in [0.29, 0.717) is 19.5 Å². The highest BCUT2D eigenvalue weighted by Gasteiger charge is 2.79. The number of carbonyl (C=O) groups is 2. The summed E-state index contributed by atoms with van der Waals surface area (Å²) < 4.78 is 0. The summed E-state index contributed by atoms with van der Waals surface area (Å²) in [5, 5.41) is 24.1. The third kappa shape index (κ3) is 3.62. The molecule has 216 valence electrons. The van der Waals surface area contributed by atoms with Crippen molar-refractivity contribution >= 4 is 11.6 Å². The van der Waals surface area contributed by atoms with Gasteiger partial charge in [-0.3, -0.25) is 14.4 Å². The zero-order valence-corrected chi connectivity index (χ0v) is 24.9. The summed E-state index contributed by atoms with van der Waals surface area (Å²) in [6.07, 6.45) is 7.71.